The average molecular weight is 383 g/mol. The monoisotopic (exact) mass is 382 g/mol. The fourth-order valence-electron chi connectivity index (χ4n) is 3.64. The highest BCUT2D eigenvalue weighted by atomic mass is 32.2. The van der Waals surface area contributed by atoms with Crippen LogP contribution in [0.1, 0.15) is 46.5 Å². The number of thioether (sulfide) groups is 1. The molecule has 1 aromatic carbocycles. The van der Waals surface area contributed by atoms with Crippen LogP contribution in [-0.4, -0.2) is 32.2 Å². The minimum atomic E-state index is -3.59. The van der Waals surface area contributed by atoms with E-state index in [4.69, 9.17) is 0 Å². The van der Waals surface area contributed by atoms with E-state index in [0.29, 0.717) is 23.4 Å². The predicted octanol–water partition coefficient (Wildman–Crippen LogP) is 3.39. The Morgan fingerprint density at radius 2 is 1.96 bits per heavy atom. The molecule has 1 aliphatic carbocycles. The smallest absolute Gasteiger partial charge is 0.240 e. The Kier molecular flexibility index (Phi) is 5.46. The fraction of sp³-hybridized carbons (Fsp3) is 0.611. The van der Waals surface area contributed by atoms with Gasteiger partial charge in [-0.3, -0.25) is 4.79 Å². The van der Waals surface area contributed by atoms with Crippen LogP contribution in [0.25, 0.3) is 0 Å². The first-order valence-corrected chi connectivity index (χ1v) is 11.3. The van der Waals surface area contributed by atoms with E-state index in [9.17, 15) is 13.2 Å². The first-order valence-electron chi connectivity index (χ1n) is 8.89. The first-order chi connectivity index (χ1) is 11.8. The molecular formula is C18H26N2O3S2. The number of carbonyl (C=O) groups is 1. The molecule has 0 bridgehead atoms. The third-order valence-corrected chi connectivity index (χ3v) is 7.74. The zero-order valence-corrected chi connectivity index (χ0v) is 16.6. The van der Waals surface area contributed by atoms with Gasteiger partial charge < -0.3 is 4.90 Å². The second-order valence-corrected chi connectivity index (χ2v) is 10.4. The van der Waals surface area contributed by atoms with Gasteiger partial charge in [-0.1, -0.05) is 26.7 Å². The van der Waals surface area contributed by atoms with Crippen LogP contribution in [0.3, 0.4) is 0 Å². The predicted molar refractivity (Wildman–Crippen MR) is 102 cm³/mol. The summed E-state index contributed by atoms with van der Waals surface area (Å²) in [5.41, 5.74) is 0.704. The summed E-state index contributed by atoms with van der Waals surface area (Å²) in [5.74, 6) is 0.295. The summed E-state index contributed by atoms with van der Waals surface area (Å²) < 4.78 is 28.6. The number of benzene rings is 1. The lowest BCUT2D eigenvalue weighted by Gasteiger charge is -2.32. The normalized spacial score (nSPS) is 27.0. The number of amides is 1. The van der Waals surface area contributed by atoms with Gasteiger partial charge in [-0.15, -0.1) is 11.8 Å². The average Bonchev–Trinajstić information content (AvgIpc) is 2.55. The zero-order valence-electron chi connectivity index (χ0n) is 15.0. The van der Waals surface area contributed by atoms with Crippen LogP contribution in [-0.2, 0) is 14.8 Å². The Labute approximate surface area is 154 Å². The van der Waals surface area contributed by atoms with E-state index in [1.807, 2.05) is 6.07 Å². The van der Waals surface area contributed by atoms with Gasteiger partial charge in [0.2, 0.25) is 15.9 Å². The number of hydrogen-bond donors (Lipinski definition) is 1. The summed E-state index contributed by atoms with van der Waals surface area (Å²) in [6.07, 6.45) is 4.18. The highest BCUT2D eigenvalue weighted by Crippen LogP contribution is 2.39. The quantitative estimate of drug-likeness (QED) is 0.870. The van der Waals surface area contributed by atoms with Crippen molar-refractivity contribution in [3.63, 3.8) is 0 Å². The van der Waals surface area contributed by atoms with Gasteiger partial charge in [0.1, 0.15) is 0 Å². The molecule has 3 atom stereocenters. The Morgan fingerprint density at radius 3 is 2.64 bits per heavy atom. The molecule has 7 heteroatoms. The van der Waals surface area contributed by atoms with Crippen molar-refractivity contribution in [2.45, 2.75) is 67.5 Å². The van der Waals surface area contributed by atoms with Gasteiger partial charge in [-0.05, 0) is 37.0 Å². The van der Waals surface area contributed by atoms with E-state index in [1.54, 1.807) is 28.8 Å². The van der Waals surface area contributed by atoms with Crippen LogP contribution in [0.4, 0.5) is 5.69 Å². The largest absolute Gasteiger partial charge is 0.310 e. The highest BCUT2D eigenvalue weighted by Gasteiger charge is 2.30. The SMILES string of the molecule is CC(=O)N1C[C@H](C)Sc2ccc(S(=O)(=O)N[C@H]3CCCC[C@@H]3C)cc21. The molecule has 0 spiro atoms. The first kappa shape index (κ1) is 18.7. The van der Waals surface area contributed by atoms with Gasteiger partial charge in [0.25, 0.3) is 0 Å². The van der Waals surface area contributed by atoms with Crippen molar-refractivity contribution in [3.8, 4) is 0 Å². The van der Waals surface area contributed by atoms with Crippen molar-refractivity contribution in [2.24, 2.45) is 5.92 Å². The minimum absolute atomic E-state index is 0.00640. The zero-order chi connectivity index (χ0) is 18.2. The van der Waals surface area contributed by atoms with Crippen molar-refractivity contribution in [1.82, 2.24) is 4.72 Å². The number of carbonyl (C=O) groups excluding carboxylic acids is 1. The number of nitrogens with one attached hydrogen (secondary N) is 1. The molecule has 25 heavy (non-hydrogen) atoms. The van der Waals surface area contributed by atoms with Gasteiger partial charge in [0.05, 0.1) is 10.6 Å². The molecule has 5 nitrogen and oxygen atoms in total. The van der Waals surface area contributed by atoms with Crippen molar-refractivity contribution in [2.75, 3.05) is 11.4 Å². The number of nitrogens with zero attached hydrogens (tertiary/aromatic N) is 1. The summed E-state index contributed by atoms with van der Waals surface area (Å²) in [7, 11) is -3.59. The molecule has 1 saturated carbocycles. The van der Waals surface area contributed by atoms with Crippen molar-refractivity contribution in [1.29, 1.82) is 0 Å². The van der Waals surface area contributed by atoms with E-state index < -0.39 is 10.0 Å². The number of anilines is 1. The van der Waals surface area contributed by atoms with E-state index in [1.165, 1.54) is 13.3 Å². The number of hydrogen-bond acceptors (Lipinski definition) is 4. The second kappa shape index (κ2) is 7.29. The molecule has 0 unspecified atom stereocenters. The van der Waals surface area contributed by atoms with Crippen molar-refractivity contribution >= 4 is 33.4 Å². The van der Waals surface area contributed by atoms with Crippen LogP contribution in [0.15, 0.2) is 28.0 Å². The molecule has 138 valence electrons. The van der Waals surface area contributed by atoms with E-state index in [-0.39, 0.29) is 16.8 Å². The summed E-state index contributed by atoms with van der Waals surface area (Å²) in [4.78, 5) is 14.9. The maximum Gasteiger partial charge on any atom is 0.240 e. The molecule has 1 aromatic rings. The third kappa shape index (κ3) is 4.04. The van der Waals surface area contributed by atoms with Crippen LogP contribution in [0, 0.1) is 5.92 Å². The lowest BCUT2D eigenvalue weighted by molar-refractivity contribution is -0.116. The lowest BCUT2D eigenvalue weighted by atomic mass is 9.87. The van der Waals surface area contributed by atoms with Crippen LogP contribution < -0.4 is 9.62 Å². The molecule has 1 N–H and O–H groups in total. The van der Waals surface area contributed by atoms with Gasteiger partial charge in [-0.25, -0.2) is 13.1 Å². The molecule has 1 heterocycles. The Bertz CT molecular complexity index is 764. The maximum absolute atomic E-state index is 12.9. The van der Waals surface area contributed by atoms with E-state index >= 15 is 0 Å². The standard InChI is InChI=1S/C18H26N2O3S2/c1-12-6-4-5-7-16(12)19-25(22,23)15-8-9-18-17(10-15)20(14(3)21)11-13(2)24-18/h8-10,12-13,16,19H,4-7,11H2,1-3H3/t12-,13-,16-/m0/s1. The Hall–Kier alpha value is -1.05. The molecule has 0 saturated heterocycles. The van der Waals surface area contributed by atoms with Crippen LogP contribution in [0.5, 0.6) is 0 Å². The van der Waals surface area contributed by atoms with Gasteiger partial charge in [-0.2, -0.15) is 0 Å². The Balaban J connectivity index is 1.90. The molecule has 1 aliphatic heterocycles. The summed E-state index contributed by atoms with van der Waals surface area (Å²) >= 11 is 1.68. The summed E-state index contributed by atoms with van der Waals surface area (Å²) in [6, 6.07) is 5.11. The maximum atomic E-state index is 12.9. The molecule has 2 aliphatic rings. The number of sulfonamides is 1. The molecule has 0 aromatic heterocycles. The fourth-order valence-corrected chi connectivity index (χ4v) is 6.13. The molecule has 0 radical (unpaired) electrons. The second-order valence-electron chi connectivity index (χ2n) is 7.18. The molecule has 1 amide bonds. The Morgan fingerprint density at radius 1 is 1.24 bits per heavy atom. The summed E-state index contributed by atoms with van der Waals surface area (Å²) in [6.45, 7) is 6.30. The van der Waals surface area contributed by atoms with E-state index in [2.05, 4.69) is 18.6 Å². The van der Waals surface area contributed by atoms with E-state index in [0.717, 1.165) is 24.2 Å². The van der Waals surface area contributed by atoms with Crippen molar-refractivity contribution < 1.29 is 13.2 Å². The van der Waals surface area contributed by atoms with Gasteiger partial charge in [0, 0.05) is 29.7 Å². The molecular weight excluding hydrogens is 356 g/mol. The van der Waals surface area contributed by atoms with Crippen molar-refractivity contribution in [3.05, 3.63) is 18.2 Å². The highest BCUT2D eigenvalue weighted by molar-refractivity contribution is 8.00. The van der Waals surface area contributed by atoms with Gasteiger partial charge >= 0.3 is 0 Å². The number of fused-ring (bicyclic) bond motifs is 1. The van der Waals surface area contributed by atoms with Crippen LogP contribution in [0.2, 0.25) is 0 Å². The molecule has 1 fully saturated rings. The summed E-state index contributed by atoms with van der Waals surface area (Å²) in [5, 5.41) is 0.292. The lowest BCUT2D eigenvalue weighted by Crippen LogP contribution is -2.41. The molecule has 3 rings (SSSR count). The number of rotatable bonds is 3. The minimum Gasteiger partial charge on any atom is -0.310 e. The van der Waals surface area contributed by atoms with Gasteiger partial charge in [0.15, 0.2) is 0 Å². The topological polar surface area (TPSA) is 66.5 Å². The third-order valence-electron chi connectivity index (χ3n) is 5.10. The van der Waals surface area contributed by atoms with Crippen LogP contribution >= 0.6 is 11.8 Å².